The highest BCUT2D eigenvalue weighted by molar-refractivity contribution is 5.78. The Hall–Kier alpha value is -2.09. The zero-order valence-corrected chi connectivity index (χ0v) is 13.5. The molecular formula is C15H23N5O3. The molecule has 8 heteroatoms. The average molecular weight is 321 g/mol. The lowest BCUT2D eigenvalue weighted by Gasteiger charge is -2.36. The van der Waals surface area contributed by atoms with E-state index in [1.807, 2.05) is 9.80 Å². The molecule has 23 heavy (non-hydrogen) atoms. The molecule has 1 amide bonds. The van der Waals surface area contributed by atoms with E-state index in [0.29, 0.717) is 38.5 Å². The summed E-state index contributed by atoms with van der Waals surface area (Å²) in [7, 11) is 1.44. The van der Waals surface area contributed by atoms with Crippen molar-refractivity contribution >= 4 is 11.7 Å². The highest BCUT2D eigenvalue weighted by Crippen LogP contribution is 2.12. The normalized spacial score (nSPS) is 19.3. The van der Waals surface area contributed by atoms with Gasteiger partial charge in [-0.1, -0.05) is 0 Å². The first-order chi connectivity index (χ1) is 11.0. The monoisotopic (exact) mass is 321 g/mol. The number of piperazine rings is 1. The van der Waals surface area contributed by atoms with E-state index < -0.39 is 5.69 Å². The summed E-state index contributed by atoms with van der Waals surface area (Å²) < 4.78 is 1.04. The highest BCUT2D eigenvalue weighted by atomic mass is 16.2. The topological polar surface area (TPSA) is 81.7 Å². The minimum atomic E-state index is -0.417. The maximum Gasteiger partial charge on any atom is 0.329 e. The van der Waals surface area contributed by atoms with Gasteiger partial charge in [0.2, 0.25) is 5.91 Å². The molecule has 2 saturated heterocycles. The predicted octanol–water partition coefficient (Wildman–Crippen LogP) is -1.18. The quantitative estimate of drug-likeness (QED) is 0.758. The number of aromatic nitrogens is 2. The Morgan fingerprint density at radius 1 is 1.09 bits per heavy atom. The molecule has 1 aromatic rings. The minimum Gasteiger partial charge on any atom is -0.354 e. The van der Waals surface area contributed by atoms with Crippen LogP contribution >= 0.6 is 0 Å². The second kappa shape index (κ2) is 6.57. The van der Waals surface area contributed by atoms with E-state index in [0.717, 1.165) is 17.7 Å². The standard InChI is InChI=1S/C15H23N5O3/c1-17-13(21)10-12(16-15(17)23)19-6-8-20(9-7-19)14(22)11-18-4-2-3-5-18/h10H,2-9,11H2,1H3,(H,16,23). The van der Waals surface area contributed by atoms with Crippen molar-refractivity contribution in [2.75, 3.05) is 50.7 Å². The lowest BCUT2D eigenvalue weighted by Crippen LogP contribution is -2.52. The number of carbonyl (C=O) groups excluding carboxylic acids is 1. The highest BCUT2D eigenvalue weighted by Gasteiger charge is 2.24. The molecule has 0 radical (unpaired) electrons. The Labute approximate surface area is 134 Å². The van der Waals surface area contributed by atoms with Crippen LogP contribution in [0.15, 0.2) is 15.7 Å². The molecule has 8 nitrogen and oxygen atoms in total. The summed E-state index contributed by atoms with van der Waals surface area (Å²) in [5, 5.41) is 0. The van der Waals surface area contributed by atoms with Crippen LogP contribution < -0.4 is 16.1 Å². The van der Waals surface area contributed by atoms with Crippen molar-refractivity contribution in [3.8, 4) is 0 Å². The van der Waals surface area contributed by atoms with Gasteiger partial charge in [-0.15, -0.1) is 0 Å². The maximum atomic E-state index is 12.3. The van der Waals surface area contributed by atoms with Crippen LogP contribution in [0.5, 0.6) is 0 Å². The molecule has 0 atom stereocenters. The van der Waals surface area contributed by atoms with E-state index >= 15 is 0 Å². The van der Waals surface area contributed by atoms with Gasteiger partial charge in [0, 0.05) is 39.3 Å². The van der Waals surface area contributed by atoms with Crippen molar-refractivity contribution < 1.29 is 4.79 Å². The number of H-pyrrole nitrogens is 1. The summed E-state index contributed by atoms with van der Waals surface area (Å²) in [6, 6.07) is 1.43. The van der Waals surface area contributed by atoms with E-state index in [1.165, 1.54) is 26.0 Å². The number of hydrogen-bond donors (Lipinski definition) is 1. The average Bonchev–Trinajstić information content (AvgIpc) is 3.05. The number of aromatic amines is 1. The zero-order chi connectivity index (χ0) is 16.4. The molecule has 2 aliphatic heterocycles. The summed E-state index contributed by atoms with van der Waals surface area (Å²) in [5.41, 5.74) is -0.740. The number of carbonyl (C=O) groups is 1. The smallest absolute Gasteiger partial charge is 0.329 e. The lowest BCUT2D eigenvalue weighted by atomic mass is 10.3. The van der Waals surface area contributed by atoms with Gasteiger partial charge >= 0.3 is 5.69 Å². The van der Waals surface area contributed by atoms with E-state index in [1.54, 1.807) is 0 Å². The van der Waals surface area contributed by atoms with Crippen molar-refractivity contribution in [2.24, 2.45) is 7.05 Å². The van der Waals surface area contributed by atoms with Crippen LogP contribution in [-0.2, 0) is 11.8 Å². The number of nitrogens with one attached hydrogen (secondary N) is 1. The molecular weight excluding hydrogens is 298 g/mol. The Morgan fingerprint density at radius 3 is 2.35 bits per heavy atom. The first-order valence-electron chi connectivity index (χ1n) is 8.10. The van der Waals surface area contributed by atoms with E-state index in [2.05, 4.69) is 9.88 Å². The third kappa shape index (κ3) is 3.47. The van der Waals surface area contributed by atoms with Gasteiger partial charge in [0.15, 0.2) is 0 Å². The number of rotatable bonds is 3. The van der Waals surface area contributed by atoms with Crippen molar-refractivity contribution in [1.29, 1.82) is 0 Å². The van der Waals surface area contributed by atoms with E-state index in [9.17, 15) is 14.4 Å². The Bertz CT molecular complexity index is 650. The molecule has 0 saturated carbocycles. The molecule has 0 unspecified atom stereocenters. The van der Waals surface area contributed by atoms with Crippen molar-refractivity contribution in [1.82, 2.24) is 19.4 Å². The van der Waals surface area contributed by atoms with Gasteiger partial charge in [-0.05, 0) is 25.9 Å². The van der Waals surface area contributed by atoms with Gasteiger partial charge < -0.3 is 9.80 Å². The van der Waals surface area contributed by atoms with Crippen molar-refractivity contribution in [2.45, 2.75) is 12.8 Å². The molecule has 0 aliphatic carbocycles. The molecule has 2 aliphatic rings. The molecule has 2 fully saturated rings. The Kier molecular flexibility index (Phi) is 4.51. The Balaban J connectivity index is 1.58. The van der Waals surface area contributed by atoms with Gasteiger partial charge in [-0.25, -0.2) is 4.79 Å². The SMILES string of the molecule is Cn1c(=O)cc(N2CCN(C(=O)CN3CCCC3)CC2)[nH]c1=O. The van der Waals surface area contributed by atoms with Crippen molar-refractivity contribution in [3.63, 3.8) is 0 Å². The van der Waals surface area contributed by atoms with Crippen LogP contribution in [0.25, 0.3) is 0 Å². The third-order valence-electron chi connectivity index (χ3n) is 4.66. The fourth-order valence-electron chi connectivity index (χ4n) is 3.14. The first-order valence-corrected chi connectivity index (χ1v) is 8.10. The maximum absolute atomic E-state index is 12.3. The van der Waals surface area contributed by atoms with Gasteiger partial charge in [0.05, 0.1) is 6.54 Å². The fourth-order valence-corrected chi connectivity index (χ4v) is 3.14. The molecule has 3 rings (SSSR count). The van der Waals surface area contributed by atoms with E-state index in [-0.39, 0.29) is 11.5 Å². The predicted molar refractivity (Wildman–Crippen MR) is 86.8 cm³/mol. The Morgan fingerprint density at radius 2 is 1.74 bits per heavy atom. The minimum absolute atomic E-state index is 0.170. The lowest BCUT2D eigenvalue weighted by molar-refractivity contribution is -0.132. The number of nitrogens with zero attached hydrogens (tertiary/aromatic N) is 4. The van der Waals surface area contributed by atoms with Crippen LogP contribution in [0.2, 0.25) is 0 Å². The largest absolute Gasteiger partial charge is 0.354 e. The first kappa shape index (κ1) is 15.8. The fraction of sp³-hybridized carbons (Fsp3) is 0.667. The molecule has 3 heterocycles. The number of hydrogen-bond acceptors (Lipinski definition) is 5. The van der Waals surface area contributed by atoms with Crippen molar-refractivity contribution in [3.05, 3.63) is 26.9 Å². The van der Waals surface area contributed by atoms with Gasteiger partial charge in [-0.2, -0.15) is 0 Å². The number of likely N-dealkylation sites (tertiary alicyclic amines) is 1. The third-order valence-corrected chi connectivity index (χ3v) is 4.66. The second-order valence-corrected chi connectivity index (χ2v) is 6.21. The van der Waals surface area contributed by atoms with Crippen LogP contribution in [0.4, 0.5) is 5.82 Å². The molecule has 126 valence electrons. The van der Waals surface area contributed by atoms with E-state index in [4.69, 9.17) is 0 Å². The summed E-state index contributed by atoms with van der Waals surface area (Å²) in [5.74, 6) is 0.703. The van der Waals surface area contributed by atoms with Crippen LogP contribution in [0, 0.1) is 0 Å². The van der Waals surface area contributed by atoms with Crippen LogP contribution in [-0.4, -0.2) is 71.1 Å². The molecule has 0 bridgehead atoms. The molecule has 0 spiro atoms. The number of amides is 1. The summed E-state index contributed by atoms with van der Waals surface area (Å²) in [6.45, 7) is 5.00. The van der Waals surface area contributed by atoms with Crippen LogP contribution in [0.3, 0.4) is 0 Å². The summed E-state index contributed by atoms with van der Waals surface area (Å²) >= 11 is 0. The van der Waals surface area contributed by atoms with Gasteiger partial charge in [0.25, 0.3) is 5.56 Å². The molecule has 1 N–H and O–H groups in total. The molecule has 1 aromatic heterocycles. The zero-order valence-electron chi connectivity index (χ0n) is 13.5. The molecule has 0 aromatic carbocycles. The van der Waals surface area contributed by atoms with Gasteiger partial charge in [-0.3, -0.25) is 24.0 Å². The summed E-state index contributed by atoms with van der Waals surface area (Å²) in [4.78, 5) is 44.4. The second-order valence-electron chi connectivity index (χ2n) is 6.21. The summed E-state index contributed by atoms with van der Waals surface area (Å²) in [6.07, 6.45) is 2.36. The van der Waals surface area contributed by atoms with Gasteiger partial charge in [0.1, 0.15) is 5.82 Å². The van der Waals surface area contributed by atoms with Crippen LogP contribution in [0.1, 0.15) is 12.8 Å². The number of anilines is 1.